The Morgan fingerprint density at radius 2 is 2.15 bits per heavy atom. The number of guanidine groups is 1. The van der Waals surface area contributed by atoms with Crippen LogP contribution in [0.5, 0.6) is 0 Å². The van der Waals surface area contributed by atoms with Crippen molar-refractivity contribution >= 4 is 17.6 Å². The monoisotopic (exact) mass is 363 g/mol. The van der Waals surface area contributed by atoms with Crippen molar-refractivity contribution in [2.24, 2.45) is 17.8 Å². The first-order chi connectivity index (χ1) is 12.7. The molecule has 2 aromatic rings. The van der Waals surface area contributed by atoms with Crippen molar-refractivity contribution in [2.45, 2.75) is 18.9 Å². The maximum Gasteiger partial charge on any atom is 0.273 e. The quantitative estimate of drug-likeness (QED) is 0.865. The molecule has 0 saturated carbocycles. The molecule has 1 aliphatic rings. The van der Waals surface area contributed by atoms with E-state index in [1.165, 1.54) is 10.7 Å². The second-order valence-corrected chi connectivity index (χ2v) is 6.73. The van der Waals surface area contributed by atoms with Gasteiger partial charge in [0.1, 0.15) is 11.8 Å². The van der Waals surface area contributed by atoms with Crippen LogP contribution < -0.4 is 11.1 Å². The minimum absolute atomic E-state index is 0.193. The number of nitrogens with one attached hydrogen (secondary N) is 1. The average molecular weight is 363 g/mol. The number of rotatable bonds is 3. The number of nitrogens with two attached hydrogens (primary N) is 1. The molecule has 1 aromatic carbocycles. The second kappa shape index (κ2) is 6.61. The van der Waals surface area contributed by atoms with Gasteiger partial charge in [-0.2, -0.15) is 10.4 Å². The van der Waals surface area contributed by atoms with Crippen molar-refractivity contribution < 1.29 is 4.79 Å². The van der Waals surface area contributed by atoms with Crippen molar-refractivity contribution in [1.29, 1.82) is 5.26 Å². The Bertz CT molecular complexity index is 998. The summed E-state index contributed by atoms with van der Waals surface area (Å²) in [6, 6.07) is 10.8. The molecule has 0 bridgehead atoms. The van der Waals surface area contributed by atoms with Gasteiger partial charge in [0.15, 0.2) is 11.7 Å². The van der Waals surface area contributed by atoms with E-state index in [9.17, 15) is 4.79 Å². The van der Waals surface area contributed by atoms with E-state index in [1.54, 1.807) is 18.0 Å². The first-order valence-corrected chi connectivity index (χ1v) is 8.36. The molecule has 2 heterocycles. The zero-order chi connectivity index (χ0) is 19.8. The van der Waals surface area contributed by atoms with E-state index < -0.39 is 5.54 Å². The minimum Gasteiger partial charge on any atom is -0.370 e. The number of carbonyl (C=O) groups is 1. The summed E-state index contributed by atoms with van der Waals surface area (Å²) in [4.78, 5) is 18.9. The molecule has 1 atom stereocenters. The standard InChI is InChI=1S/C19H21N7O/c1-12-10-19(2,23-18(21)25(12)3)13-6-5-7-14(8-13)22-17(27)16-9-15(11-20)24-26(16)4/h5-9H,1,10H2,2-4H3,(H2,21,23)(H,22,27). The number of nitriles is 1. The highest BCUT2D eigenvalue weighted by molar-refractivity contribution is 6.03. The maximum absolute atomic E-state index is 12.5. The van der Waals surface area contributed by atoms with Gasteiger partial charge < -0.3 is 16.0 Å². The normalized spacial score (nSPS) is 19.4. The molecular formula is C19H21N7O. The van der Waals surface area contributed by atoms with Gasteiger partial charge in [0, 0.05) is 38.0 Å². The van der Waals surface area contributed by atoms with Gasteiger partial charge in [-0.05, 0) is 24.6 Å². The molecular weight excluding hydrogens is 342 g/mol. The third-order valence-electron chi connectivity index (χ3n) is 4.70. The lowest BCUT2D eigenvalue weighted by atomic mass is 9.86. The van der Waals surface area contributed by atoms with Crippen LogP contribution in [0.25, 0.3) is 0 Å². The lowest BCUT2D eigenvalue weighted by Gasteiger charge is -2.36. The van der Waals surface area contributed by atoms with E-state index in [-0.39, 0.29) is 11.6 Å². The molecule has 0 aliphatic carbocycles. The number of hydrogen-bond acceptors (Lipinski definition) is 6. The average Bonchev–Trinajstić information content (AvgIpc) is 3.01. The molecule has 1 aromatic heterocycles. The van der Waals surface area contributed by atoms with E-state index in [4.69, 9.17) is 11.0 Å². The number of aryl methyl sites for hydroxylation is 1. The largest absolute Gasteiger partial charge is 0.370 e. The fourth-order valence-corrected chi connectivity index (χ4v) is 3.07. The molecule has 1 aliphatic heterocycles. The highest BCUT2D eigenvalue weighted by Gasteiger charge is 2.33. The summed E-state index contributed by atoms with van der Waals surface area (Å²) in [5.41, 5.74) is 8.37. The fourth-order valence-electron chi connectivity index (χ4n) is 3.07. The maximum atomic E-state index is 12.5. The van der Waals surface area contributed by atoms with Crippen molar-refractivity contribution in [3.05, 3.63) is 59.6 Å². The molecule has 138 valence electrons. The number of anilines is 1. The number of amides is 1. The first-order valence-electron chi connectivity index (χ1n) is 8.36. The number of hydrogen-bond donors (Lipinski definition) is 2. The van der Waals surface area contributed by atoms with Crippen LogP contribution in [-0.4, -0.2) is 33.6 Å². The Balaban J connectivity index is 1.88. The van der Waals surface area contributed by atoms with E-state index >= 15 is 0 Å². The first kappa shape index (κ1) is 18.2. The zero-order valence-corrected chi connectivity index (χ0v) is 15.5. The van der Waals surface area contributed by atoms with E-state index in [1.807, 2.05) is 38.2 Å². The van der Waals surface area contributed by atoms with Gasteiger partial charge in [-0.1, -0.05) is 18.7 Å². The summed E-state index contributed by atoms with van der Waals surface area (Å²) in [5.74, 6) is 0.0618. The summed E-state index contributed by atoms with van der Waals surface area (Å²) < 4.78 is 1.38. The SMILES string of the molecule is C=C1CC(C)(c2cccc(NC(=O)c3cc(C#N)nn3C)c2)N=C(N)N1C. The van der Waals surface area contributed by atoms with Crippen LogP contribution in [0.3, 0.4) is 0 Å². The Morgan fingerprint density at radius 1 is 1.41 bits per heavy atom. The highest BCUT2D eigenvalue weighted by Crippen LogP contribution is 2.36. The molecule has 1 amide bonds. The lowest BCUT2D eigenvalue weighted by Crippen LogP contribution is -2.42. The van der Waals surface area contributed by atoms with Crippen LogP contribution in [0.1, 0.15) is 35.1 Å². The summed E-state index contributed by atoms with van der Waals surface area (Å²) in [6.45, 7) is 6.04. The predicted molar refractivity (Wildman–Crippen MR) is 103 cm³/mol. The number of carbonyl (C=O) groups excluding carboxylic acids is 1. The van der Waals surface area contributed by atoms with Gasteiger partial charge in [-0.25, -0.2) is 4.99 Å². The highest BCUT2D eigenvalue weighted by atomic mass is 16.2. The Morgan fingerprint density at radius 3 is 2.78 bits per heavy atom. The van der Waals surface area contributed by atoms with Gasteiger partial charge in [-0.3, -0.25) is 9.48 Å². The van der Waals surface area contributed by atoms with E-state index in [0.717, 1.165) is 11.3 Å². The molecule has 0 fully saturated rings. The Kier molecular flexibility index (Phi) is 4.45. The van der Waals surface area contributed by atoms with Gasteiger partial charge >= 0.3 is 0 Å². The van der Waals surface area contributed by atoms with Crippen LogP contribution in [0.2, 0.25) is 0 Å². The Labute approximate surface area is 157 Å². The van der Waals surface area contributed by atoms with Crippen LogP contribution in [-0.2, 0) is 12.6 Å². The van der Waals surface area contributed by atoms with Crippen LogP contribution in [0, 0.1) is 11.3 Å². The second-order valence-electron chi connectivity index (χ2n) is 6.73. The number of aromatic nitrogens is 2. The molecule has 27 heavy (non-hydrogen) atoms. The fraction of sp³-hybridized carbons (Fsp3) is 0.263. The van der Waals surface area contributed by atoms with Crippen molar-refractivity contribution in [2.75, 3.05) is 12.4 Å². The predicted octanol–water partition coefficient (Wildman–Crippen LogP) is 1.92. The summed E-state index contributed by atoms with van der Waals surface area (Å²) in [7, 11) is 3.45. The molecule has 8 nitrogen and oxygen atoms in total. The van der Waals surface area contributed by atoms with Gasteiger partial charge in [0.05, 0.1) is 5.54 Å². The molecule has 3 N–H and O–H groups in total. The van der Waals surface area contributed by atoms with Gasteiger partial charge in [0.2, 0.25) is 0 Å². The lowest BCUT2D eigenvalue weighted by molar-refractivity contribution is 0.101. The van der Waals surface area contributed by atoms with E-state index in [2.05, 4.69) is 22.0 Å². The topological polar surface area (TPSA) is 112 Å². The Hall–Kier alpha value is -3.60. The molecule has 0 radical (unpaired) electrons. The van der Waals surface area contributed by atoms with Gasteiger partial charge in [0.25, 0.3) is 5.91 Å². The third kappa shape index (κ3) is 3.40. The smallest absolute Gasteiger partial charge is 0.273 e. The van der Waals surface area contributed by atoms with Gasteiger partial charge in [-0.15, -0.1) is 0 Å². The number of aliphatic imine (C=N–C) groups is 1. The van der Waals surface area contributed by atoms with Crippen LogP contribution in [0.15, 0.2) is 47.6 Å². The molecule has 0 spiro atoms. The summed E-state index contributed by atoms with van der Waals surface area (Å²) >= 11 is 0. The summed E-state index contributed by atoms with van der Waals surface area (Å²) in [5, 5.41) is 15.7. The molecule has 1 unspecified atom stereocenters. The van der Waals surface area contributed by atoms with Crippen LogP contribution in [0.4, 0.5) is 5.69 Å². The zero-order valence-electron chi connectivity index (χ0n) is 15.5. The third-order valence-corrected chi connectivity index (χ3v) is 4.70. The summed E-state index contributed by atoms with van der Waals surface area (Å²) in [6.07, 6.45) is 0.620. The van der Waals surface area contributed by atoms with E-state index in [0.29, 0.717) is 23.8 Å². The van der Waals surface area contributed by atoms with Crippen LogP contribution >= 0.6 is 0 Å². The minimum atomic E-state index is -0.561. The van der Waals surface area contributed by atoms with Crippen molar-refractivity contribution in [3.8, 4) is 6.07 Å². The molecule has 3 rings (SSSR count). The van der Waals surface area contributed by atoms with Crippen molar-refractivity contribution in [3.63, 3.8) is 0 Å². The number of benzene rings is 1. The number of nitrogens with zero attached hydrogens (tertiary/aromatic N) is 5. The molecule has 0 saturated heterocycles. The molecule has 8 heteroatoms. The van der Waals surface area contributed by atoms with Crippen molar-refractivity contribution in [1.82, 2.24) is 14.7 Å².